The summed E-state index contributed by atoms with van der Waals surface area (Å²) in [5.74, 6) is 0.0195. The van der Waals surface area contributed by atoms with Crippen LogP contribution in [-0.4, -0.2) is 12.0 Å². The molecule has 2 atom stereocenters. The van der Waals surface area contributed by atoms with Gasteiger partial charge in [0.1, 0.15) is 24.1 Å². The second-order valence-corrected chi connectivity index (χ2v) is 8.12. The van der Waals surface area contributed by atoms with E-state index in [9.17, 15) is 9.36 Å². The molecule has 3 aromatic carbocycles. The molecule has 8 heteroatoms. The van der Waals surface area contributed by atoms with Crippen molar-refractivity contribution in [3.8, 4) is 11.5 Å². The number of nitrogens with two attached hydrogens (primary N) is 1. The molecule has 0 aromatic heterocycles. The molecular formula is C22H23N2O5P. The molecule has 3 N–H and O–H groups in total. The van der Waals surface area contributed by atoms with Gasteiger partial charge in [0, 0.05) is 5.69 Å². The maximum absolute atomic E-state index is 13.4. The maximum Gasteiger partial charge on any atom is 0.513 e. The number of rotatable bonds is 9. The molecule has 0 aliphatic carbocycles. The van der Waals surface area contributed by atoms with Crippen LogP contribution in [0.4, 0.5) is 5.69 Å². The summed E-state index contributed by atoms with van der Waals surface area (Å²) in [5.41, 5.74) is 7.06. The molecule has 1 unspecified atom stereocenters. The number of carbonyl (C=O) groups is 1. The van der Waals surface area contributed by atoms with Crippen LogP contribution in [0.25, 0.3) is 0 Å². The lowest BCUT2D eigenvalue weighted by Gasteiger charge is -2.23. The minimum absolute atomic E-state index is 0.106. The van der Waals surface area contributed by atoms with E-state index in [1.165, 1.54) is 6.92 Å². The number of nitrogen functional groups attached to an aromatic ring is 1. The van der Waals surface area contributed by atoms with Gasteiger partial charge in [0.15, 0.2) is 0 Å². The Morgan fingerprint density at radius 2 is 1.43 bits per heavy atom. The third-order valence-corrected chi connectivity index (χ3v) is 5.61. The highest BCUT2D eigenvalue weighted by molar-refractivity contribution is 7.52. The highest BCUT2D eigenvalue weighted by Crippen LogP contribution is 2.45. The first-order valence-corrected chi connectivity index (χ1v) is 10.9. The van der Waals surface area contributed by atoms with Crippen LogP contribution in [-0.2, 0) is 20.7 Å². The molecule has 0 aliphatic rings. The molecule has 0 spiro atoms. The number of benzene rings is 3. The molecule has 0 aliphatic heterocycles. The summed E-state index contributed by atoms with van der Waals surface area (Å²) in [5, 5.41) is 2.65. The molecule has 0 saturated carbocycles. The summed E-state index contributed by atoms with van der Waals surface area (Å²) >= 11 is 0. The van der Waals surface area contributed by atoms with Crippen molar-refractivity contribution in [1.82, 2.24) is 5.09 Å². The van der Waals surface area contributed by atoms with Gasteiger partial charge < -0.3 is 19.5 Å². The van der Waals surface area contributed by atoms with Gasteiger partial charge in [-0.1, -0.05) is 48.5 Å². The number of ether oxygens (including phenoxy) is 1. The van der Waals surface area contributed by atoms with E-state index in [1.54, 1.807) is 54.6 Å². The highest BCUT2D eigenvalue weighted by Gasteiger charge is 2.33. The second-order valence-electron chi connectivity index (χ2n) is 6.51. The van der Waals surface area contributed by atoms with E-state index in [2.05, 4.69) is 5.09 Å². The van der Waals surface area contributed by atoms with E-state index in [4.69, 9.17) is 19.5 Å². The zero-order chi connectivity index (χ0) is 21.4. The summed E-state index contributed by atoms with van der Waals surface area (Å²) in [4.78, 5) is 12.4. The number of hydrogen-bond acceptors (Lipinski definition) is 6. The van der Waals surface area contributed by atoms with Crippen LogP contribution in [0.5, 0.6) is 11.5 Å². The van der Waals surface area contributed by atoms with Crippen LogP contribution < -0.4 is 19.9 Å². The van der Waals surface area contributed by atoms with E-state index >= 15 is 0 Å². The fourth-order valence-corrected chi connectivity index (χ4v) is 4.02. The van der Waals surface area contributed by atoms with E-state index in [0.29, 0.717) is 11.4 Å². The fourth-order valence-electron chi connectivity index (χ4n) is 2.50. The quantitative estimate of drug-likeness (QED) is 0.294. The lowest BCUT2D eigenvalue weighted by molar-refractivity contribution is -0.146. The standard InChI is InChI=1S/C22H23N2O5P/c1-17(22(25)27-16-18-8-4-2-5-9-18)24-30(26,28-20-10-6-3-7-11-20)29-21-14-12-19(23)13-15-21/h2-15,17H,16,23H2,1H3,(H,24,26)/t17-,30?/m0/s1. The van der Waals surface area contributed by atoms with Crippen molar-refractivity contribution in [3.63, 3.8) is 0 Å². The van der Waals surface area contributed by atoms with Crippen molar-refractivity contribution in [3.05, 3.63) is 90.5 Å². The monoisotopic (exact) mass is 426 g/mol. The Kier molecular flexibility index (Phi) is 7.12. The fraction of sp³-hybridized carbons (Fsp3) is 0.136. The molecule has 0 fully saturated rings. The van der Waals surface area contributed by atoms with Crippen LogP contribution >= 0.6 is 7.75 Å². The van der Waals surface area contributed by atoms with Gasteiger partial charge in [0.25, 0.3) is 0 Å². The third-order valence-electron chi connectivity index (χ3n) is 4.00. The number of anilines is 1. The van der Waals surface area contributed by atoms with Crippen LogP contribution in [0.3, 0.4) is 0 Å². The Morgan fingerprint density at radius 3 is 2.03 bits per heavy atom. The summed E-state index contributed by atoms with van der Waals surface area (Å²) in [6.07, 6.45) is 0. The van der Waals surface area contributed by atoms with Gasteiger partial charge in [0.05, 0.1) is 0 Å². The van der Waals surface area contributed by atoms with E-state index in [-0.39, 0.29) is 12.4 Å². The first-order valence-electron chi connectivity index (χ1n) is 9.32. The molecule has 7 nitrogen and oxygen atoms in total. The third kappa shape index (κ3) is 6.37. The number of hydrogen-bond donors (Lipinski definition) is 2. The second kappa shape index (κ2) is 9.96. The normalized spacial score (nSPS) is 13.6. The first kappa shape index (κ1) is 21.4. The molecular weight excluding hydrogens is 403 g/mol. The lowest BCUT2D eigenvalue weighted by Crippen LogP contribution is -2.35. The summed E-state index contributed by atoms with van der Waals surface area (Å²) in [7, 11) is -3.98. The minimum atomic E-state index is -3.98. The van der Waals surface area contributed by atoms with Crippen LogP contribution in [0, 0.1) is 0 Å². The maximum atomic E-state index is 13.4. The van der Waals surface area contributed by atoms with Crippen molar-refractivity contribution >= 4 is 19.4 Å². The SMILES string of the molecule is C[C@H](NP(=O)(Oc1ccccc1)Oc1ccc(N)cc1)C(=O)OCc1ccccc1. The van der Waals surface area contributed by atoms with E-state index in [1.807, 2.05) is 30.3 Å². The van der Waals surface area contributed by atoms with Crippen LogP contribution in [0.1, 0.15) is 12.5 Å². The Hall–Kier alpha value is -3.28. The van der Waals surface area contributed by atoms with Crippen LogP contribution in [0.15, 0.2) is 84.9 Å². The zero-order valence-corrected chi connectivity index (χ0v) is 17.3. The number of esters is 1. The Labute approximate surface area is 175 Å². The van der Waals surface area contributed by atoms with Crippen molar-refractivity contribution in [2.75, 3.05) is 5.73 Å². The average Bonchev–Trinajstić information content (AvgIpc) is 2.75. The topological polar surface area (TPSA) is 99.9 Å². The molecule has 3 rings (SSSR count). The van der Waals surface area contributed by atoms with Crippen molar-refractivity contribution < 1.29 is 23.1 Å². The van der Waals surface area contributed by atoms with Gasteiger partial charge in [-0.25, -0.2) is 4.57 Å². The molecule has 0 amide bonds. The Balaban J connectivity index is 1.71. The summed E-state index contributed by atoms with van der Waals surface area (Å²) in [6.45, 7) is 1.63. The van der Waals surface area contributed by atoms with Gasteiger partial charge in [-0.05, 0) is 48.9 Å². The summed E-state index contributed by atoms with van der Waals surface area (Å²) in [6, 6.07) is 23.2. The van der Waals surface area contributed by atoms with Gasteiger partial charge >= 0.3 is 13.7 Å². The molecule has 3 aromatic rings. The average molecular weight is 426 g/mol. The summed E-state index contributed by atoms with van der Waals surface area (Å²) < 4.78 is 29.9. The molecule has 0 saturated heterocycles. The molecule has 0 bridgehead atoms. The molecule has 0 heterocycles. The van der Waals surface area contributed by atoms with Gasteiger partial charge in [-0.2, -0.15) is 5.09 Å². The predicted molar refractivity (Wildman–Crippen MR) is 115 cm³/mol. The first-order chi connectivity index (χ1) is 14.4. The lowest BCUT2D eigenvalue weighted by atomic mass is 10.2. The zero-order valence-electron chi connectivity index (χ0n) is 16.4. The van der Waals surface area contributed by atoms with Gasteiger partial charge in [-0.15, -0.1) is 0 Å². The molecule has 30 heavy (non-hydrogen) atoms. The van der Waals surface area contributed by atoms with E-state index < -0.39 is 19.8 Å². The predicted octanol–water partition coefficient (Wildman–Crippen LogP) is 4.56. The highest BCUT2D eigenvalue weighted by atomic mass is 31.2. The number of carbonyl (C=O) groups excluding carboxylic acids is 1. The largest absolute Gasteiger partial charge is 0.513 e. The number of nitrogens with one attached hydrogen (secondary N) is 1. The Bertz CT molecular complexity index is 997. The smallest absolute Gasteiger partial charge is 0.460 e. The van der Waals surface area contributed by atoms with Crippen molar-refractivity contribution in [2.45, 2.75) is 19.6 Å². The molecule has 0 radical (unpaired) electrons. The van der Waals surface area contributed by atoms with E-state index in [0.717, 1.165) is 5.56 Å². The molecule has 156 valence electrons. The van der Waals surface area contributed by atoms with Gasteiger partial charge in [0.2, 0.25) is 0 Å². The minimum Gasteiger partial charge on any atom is -0.460 e. The number of para-hydroxylation sites is 1. The Morgan fingerprint density at radius 1 is 0.900 bits per heavy atom. The van der Waals surface area contributed by atoms with Gasteiger partial charge in [-0.3, -0.25) is 4.79 Å². The van der Waals surface area contributed by atoms with Crippen molar-refractivity contribution in [1.29, 1.82) is 0 Å². The van der Waals surface area contributed by atoms with Crippen molar-refractivity contribution in [2.24, 2.45) is 0 Å². The van der Waals surface area contributed by atoms with Crippen LogP contribution in [0.2, 0.25) is 0 Å².